The van der Waals surface area contributed by atoms with Crippen molar-refractivity contribution in [1.82, 2.24) is 4.90 Å². The standard InChI is InChI=1S/C9H13F2NO2/c1-14-8(13)2-5-12-6-3-9(10,11)4-7-12/h2,5H,3-4,6-7H2,1H3/b5-2+. The smallest absolute Gasteiger partial charge is 0.331 e. The van der Waals surface area contributed by atoms with Gasteiger partial charge in [0, 0.05) is 38.2 Å². The zero-order chi connectivity index (χ0) is 10.6. The molecule has 0 spiro atoms. The molecule has 0 N–H and O–H groups in total. The minimum atomic E-state index is -2.55. The molecule has 0 aromatic heterocycles. The van der Waals surface area contributed by atoms with Crippen LogP contribution < -0.4 is 0 Å². The fraction of sp³-hybridized carbons (Fsp3) is 0.667. The van der Waals surface area contributed by atoms with E-state index >= 15 is 0 Å². The lowest BCUT2D eigenvalue weighted by Crippen LogP contribution is -2.36. The number of piperidine rings is 1. The summed E-state index contributed by atoms with van der Waals surface area (Å²) >= 11 is 0. The van der Waals surface area contributed by atoms with Gasteiger partial charge in [-0.2, -0.15) is 0 Å². The summed E-state index contributed by atoms with van der Waals surface area (Å²) in [4.78, 5) is 12.4. The van der Waals surface area contributed by atoms with E-state index < -0.39 is 11.9 Å². The van der Waals surface area contributed by atoms with E-state index in [1.54, 1.807) is 4.90 Å². The van der Waals surface area contributed by atoms with E-state index in [2.05, 4.69) is 4.74 Å². The summed E-state index contributed by atoms with van der Waals surface area (Å²) in [6.45, 7) is 0.557. The Hall–Kier alpha value is -1.13. The Morgan fingerprint density at radius 1 is 1.43 bits per heavy atom. The van der Waals surface area contributed by atoms with Gasteiger partial charge in [-0.3, -0.25) is 0 Å². The van der Waals surface area contributed by atoms with Crippen molar-refractivity contribution in [3.05, 3.63) is 12.3 Å². The number of rotatable bonds is 2. The first kappa shape index (κ1) is 10.9. The molecule has 1 heterocycles. The number of hydrogen-bond donors (Lipinski definition) is 0. The average Bonchev–Trinajstić information content (AvgIpc) is 2.16. The maximum absolute atomic E-state index is 12.7. The Morgan fingerprint density at radius 2 is 2.00 bits per heavy atom. The Bertz CT molecular complexity index is 231. The molecule has 1 aliphatic rings. The highest BCUT2D eigenvalue weighted by molar-refractivity contribution is 5.81. The topological polar surface area (TPSA) is 29.5 Å². The highest BCUT2D eigenvalue weighted by Crippen LogP contribution is 2.27. The summed E-state index contributed by atoms with van der Waals surface area (Å²) < 4.78 is 29.8. The van der Waals surface area contributed by atoms with Gasteiger partial charge in [0.1, 0.15) is 0 Å². The molecule has 0 aromatic rings. The van der Waals surface area contributed by atoms with Crippen LogP contribution in [0.2, 0.25) is 0 Å². The highest BCUT2D eigenvalue weighted by Gasteiger charge is 2.32. The Kier molecular flexibility index (Phi) is 3.43. The van der Waals surface area contributed by atoms with Crippen LogP contribution in [-0.4, -0.2) is 37.0 Å². The average molecular weight is 205 g/mol. The third-order valence-electron chi connectivity index (χ3n) is 2.15. The van der Waals surface area contributed by atoms with Crippen LogP contribution in [0.1, 0.15) is 12.8 Å². The van der Waals surface area contributed by atoms with Crippen molar-refractivity contribution >= 4 is 5.97 Å². The third-order valence-corrected chi connectivity index (χ3v) is 2.15. The summed E-state index contributed by atoms with van der Waals surface area (Å²) in [5.41, 5.74) is 0. The van der Waals surface area contributed by atoms with Crippen molar-refractivity contribution in [2.45, 2.75) is 18.8 Å². The number of halogens is 2. The fourth-order valence-electron chi connectivity index (χ4n) is 1.23. The molecular weight excluding hydrogens is 192 g/mol. The second kappa shape index (κ2) is 4.39. The molecule has 1 fully saturated rings. The second-order valence-corrected chi connectivity index (χ2v) is 3.23. The van der Waals surface area contributed by atoms with Crippen LogP contribution in [0.3, 0.4) is 0 Å². The van der Waals surface area contributed by atoms with Crippen LogP contribution >= 0.6 is 0 Å². The lowest BCUT2D eigenvalue weighted by Gasteiger charge is -2.30. The van der Waals surface area contributed by atoms with E-state index in [0.29, 0.717) is 0 Å². The Morgan fingerprint density at radius 3 is 2.50 bits per heavy atom. The predicted molar refractivity (Wildman–Crippen MR) is 46.9 cm³/mol. The molecule has 80 valence electrons. The molecule has 0 bridgehead atoms. The number of hydrogen-bond acceptors (Lipinski definition) is 3. The van der Waals surface area contributed by atoms with Crippen LogP contribution in [0.5, 0.6) is 0 Å². The summed E-state index contributed by atoms with van der Waals surface area (Å²) in [6.07, 6.45) is 2.43. The molecule has 1 saturated heterocycles. The van der Waals surface area contributed by atoms with Crippen molar-refractivity contribution in [3.63, 3.8) is 0 Å². The number of carbonyl (C=O) groups excluding carboxylic acids is 1. The molecule has 0 aliphatic carbocycles. The Labute approximate surface area is 81.3 Å². The molecule has 0 aromatic carbocycles. The summed E-state index contributed by atoms with van der Waals surface area (Å²) in [5, 5.41) is 0. The fourth-order valence-corrected chi connectivity index (χ4v) is 1.23. The quantitative estimate of drug-likeness (QED) is 0.504. The van der Waals surface area contributed by atoms with Crippen molar-refractivity contribution < 1.29 is 18.3 Å². The van der Waals surface area contributed by atoms with Crippen molar-refractivity contribution in [2.75, 3.05) is 20.2 Å². The predicted octanol–water partition coefficient (Wildman–Crippen LogP) is 1.40. The monoisotopic (exact) mass is 205 g/mol. The molecular formula is C9H13F2NO2. The molecule has 14 heavy (non-hydrogen) atoms. The highest BCUT2D eigenvalue weighted by atomic mass is 19.3. The third kappa shape index (κ3) is 3.32. The lowest BCUT2D eigenvalue weighted by molar-refractivity contribution is -0.134. The van der Waals surface area contributed by atoms with Crippen molar-refractivity contribution in [3.8, 4) is 0 Å². The molecule has 5 heteroatoms. The number of nitrogens with zero attached hydrogens (tertiary/aromatic N) is 1. The molecule has 1 aliphatic heterocycles. The van der Waals surface area contributed by atoms with Gasteiger partial charge in [0.15, 0.2) is 0 Å². The van der Waals surface area contributed by atoms with Gasteiger partial charge in [-0.05, 0) is 0 Å². The SMILES string of the molecule is COC(=O)/C=C/N1CCC(F)(F)CC1. The normalized spacial score (nSPS) is 21.2. The first-order valence-corrected chi connectivity index (χ1v) is 4.41. The minimum Gasteiger partial charge on any atom is -0.466 e. The maximum Gasteiger partial charge on any atom is 0.331 e. The number of alkyl halides is 2. The van der Waals surface area contributed by atoms with E-state index in [1.165, 1.54) is 19.4 Å². The van der Waals surface area contributed by atoms with E-state index in [9.17, 15) is 13.6 Å². The summed E-state index contributed by atoms with van der Waals surface area (Å²) in [5.74, 6) is -3.02. The van der Waals surface area contributed by atoms with Gasteiger partial charge in [-0.15, -0.1) is 0 Å². The summed E-state index contributed by atoms with van der Waals surface area (Å²) in [6, 6.07) is 0. The molecule has 0 saturated carbocycles. The molecule has 0 radical (unpaired) electrons. The number of carbonyl (C=O) groups is 1. The van der Waals surface area contributed by atoms with Gasteiger partial charge in [0.2, 0.25) is 0 Å². The number of methoxy groups -OCH3 is 1. The van der Waals surface area contributed by atoms with Crippen LogP contribution in [0.25, 0.3) is 0 Å². The number of ether oxygens (including phenoxy) is 1. The van der Waals surface area contributed by atoms with Gasteiger partial charge in [-0.1, -0.05) is 0 Å². The van der Waals surface area contributed by atoms with Gasteiger partial charge < -0.3 is 9.64 Å². The minimum absolute atomic E-state index is 0.154. The first-order chi connectivity index (χ1) is 6.53. The van der Waals surface area contributed by atoms with E-state index in [-0.39, 0.29) is 25.9 Å². The van der Waals surface area contributed by atoms with E-state index in [1.807, 2.05) is 0 Å². The first-order valence-electron chi connectivity index (χ1n) is 4.41. The lowest BCUT2D eigenvalue weighted by atomic mass is 10.1. The van der Waals surface area contributed by atoms with Crippen LogP contribution in [-0.2, 0) is 9.53 Å². The van der Waals surface area contributed by atoms with Gasteiger partial charge in [0.05, 0.1) is 7.11 Å². The van der Waals surface area contributed by atoms with Gasteiger partial charge in [-0.25, -0.2) is 13.6 Å². The summed E-state index contributed by atoms with van der Waals surface area (Å²) in [7, 11) is 1.27. The van der Waals surface area contributed by atoms with Crippen LogP contribution in [0.4, 0.5) is 8.78 Å². The molecule has 0 atom stereocenters. The Balaban J connectivity index is 2.36. The molecule has 0 amide bonds. The van der Waals surface area contributed by atoms with Crippen LogP contribution in [0.15, 0.2) is 12.3 Å². The second-order valence-electron chi connectivity index (χ2n) is 3.23. The number of esters is 1. The van der Waals surface area contributed by atoms with E-state index in [4.69, 9.17) is 0 Å². The zero-order valence-corrected chi connectivity index (χ0v) is 8.00. The van der Waals surface area contributed by atoms with E-state index in [0.717, 1.165) is 0 Å². The molecule has 1 rings (SSSR count). The van der Waals surface area contributed by atoms with Crippen LogP contribution in [0, 0.1) is 0 Å². The van der Waals surface area contributed by atoms with Gasteiger partial charge in [0.25, 0.3) is 5.92 Å². The molecule has 3 nitrogen and oxygen atoms in total. The molecule has 0 unspecified atom stereocenters. The van der Waals surface area contributed by atoms with Crippen molar-refractivity contribution in [1.29, 1.82) is 0 Å². The van der Waals surface area contributed by atoms with Crippen molar-refractivity contribution in [2.24, 2.45) is 0 Å². The number of likely N-dealkylation sites (tertiary alicyclic amines) is 1. The largest absolute Gasteiger partial charge is 0.466 e. The maximum atomic E-state index is 12.7. The zero-order valence-electron chi connectivity index (χ0n) is 8.00. The van der Waals surface area contributed by atoms with Gasteiger partial charge >= 0.3 is 5.97 Å².